The molecule has 0 saturated heterocycles. The highest BCUT2D eigenvalue weighted by Crippen LogP contribution is 2.29. The summed E-state index contributed by atoms with van der Waals surface area (Å²) in [6, 6.07) is 20.4. The smallest absolute Gasteiger partial charge is 0.196 e. The number of hydrogen-bond donors (Lipinski definition) is 0. The quantitative estimate of drug-likeness (QED) is 0.438. The Morgan fingerprint density at radius 3 is 2.44 bits per heavy atom. The molecule has 2 nitrogen and oxygen atoms in total. The van der Waals surface area contributed by atoms with Crippen LogP contribution in [0.15, 0.2) is 66.9 Å². The zero-order valence-electron chi connectivity index (χ0n) is 14.6. The first-order chi connectivity index (χ1) is 12.2. The molecule has 0 amide bonds. The van der Waals surface area contributed by atoms with E-state index in [0.29, 0.717) is 0 Å². The van der Waals surface area contributed by atoms with Crippen molar-refractivity contribution in [1.29, 1.82) is 0 Å². The van der Waals surface area contributed by atoms with Gasteiger partial charge in [-0.05, 0) is 35.7 Å². The Morgan fingerprint density at radius 1 is 0.920 bits per heavy atom. The van der Waals surface area contributed by atoms with E-state index in [1.165, 1.54) is 0 Å². The predicted octanol–water partition coefficient (Wildman–Crippen LogP) is 5.74. The highest BCUT2D eigenvalue weighted by atomic mass is 16.1. The lowest BCUT2D eigenvalue weighted by atomic mass is 9.93. The summed E-state index contributed by atoms with van der Waals surface area (Å²) in [7, 11) is 0. The van der Waals surface area contributed by atoms with Gasteiger partial charge < -0.3 is 4.57 Å². The Bertz CT molecular complexity index is 1090. The molecule has 2 heteroatoms. The van der Waals surface area contributed by atoms with Crippen molar-refractivity contribution in [2.45, 2.75) is 26.8 Å². The number of carbonyl (C=O) groups is 1. The second-order valence-corrected chi connectivity index (χ2v) is 6.56. The molecule has 0 atom stereocenters. The van der Waals surface area contributed by atoms with Crippen LogP contribution >= 0.6 is 0 Å². The summed E-state index contributed by atoms with van der Waals surface area (Å²) in [5, 5.41) is 3.17. The summed E-state index contributed by atoms with van der Waals surface area (Å²) < 4.78 is 2.20. The van der Waals surface area contributed by atoms with Crippen molar-refractivity contribution in [3.63, 3.8) is 0 Å². The number of ketones is 1. The van der Waals surface area contributed by atoms with Crippen molar-refractivity contribution in [3.05, 3.63) is 83.6 Å². The molecule has 0 radical (unpaired) electrons. The van der Waals surface area contributed by atoms with E-state index < -0.39 is 0 Å². The van der Waals surface area contributed by atoms with Crippen LogP contribution < -0.4 is 0 Å². The number of carbonyl (C=O) groups excluding carboxylic acids is 1. The average molecular weight is 327 g/mol. The molecule has 0 bridgehead atoms. The summed E-state index contributed by atoms with van der Waals surface area (Å²) >= 11 is 0. The molecule has 0 aliphatic carbocycles. The Labute approximate surface area is 147 Å². The van der Waals surface area contributed by atoms with Crippen LogP contribution in [0.2, 0.25) is 0 Å². The predicted molar refractivity (Wildman–Crippen MR) is 104 cm³/mol. The number of fused-ring (bicyclic) bond motifs is 2. The number of aromatic nitrogens is 1. The molecule has 124 valence electrons. The van der Waals surface area contributed by atoms with Gasteiger partial charge in [-0.2, -0.15) is 0 Å². The normalized spacial score (nSPS) is 11.3. The number of aryl methyl sites for hydroxylation is 2. The van der Waals surface area contributed by atoms with Gasteiger partial charge in [0, 0.05) is 34.8 Å². The van der Waals surface area contributed by atoms with Gasteiger partial charge >= 0.3 is 0 Å². The van der Waals surface area contributed by atoms with Crippen LogP contribution in [0.5, 0.6) is 0 Å². The molecule has 25 heavy (non-hydrogen) atoms. The number of benzene rings is 3. The van der Waals surface area contributed by atoms with E-state index in [4.69, 9.17) is 0 Å². The summed E-state index contributed by atoms with van der Waals surface area (Å²) in [5.41, 5.74) is 3.77. The molecule has 4 aromatic rings. The highest BCUT2D eigenvalue weighted by molar-refractivity contribution is 6.22. The minimum absolute atomic E-state index is 0.111. The number of para-hydroxylation sites is 1. The van der Waals surface area contributed by atoms with Crippen LogP contribution in [-0.2, 0) is 6.54 Å². The topological polar surface area (TPSA) is 22.0 Å². The fourth-order valence-corrected chi connectivity index (χ4v) is 3.67. The zero-order valence-corrected chi connectivity index (χ0v) is 14.6. The second kappa shape index (κ2) is 6.21. The third kappa shape index (κ3) is 2.54. The monoisotopic (exact) mass is 327 g/mol. The third-order valence-electron chi connectivity index (χ3n) is 4.86. The van der Waals surface area contributed by atoms with Crippen LogP contribution in [0.1, 0.15) is 34.8 Å². The standard InChI is InChI=1S/C23H21NO/c1-3-14-24-15-20(19-10-6-7-11-21(19)24)23(25)22-16(2)12-13-17-8-4-5-9-18(17)22/h4-13,15H,3,14H2,1-2H3. The lowest BCUT2D eigenvalue weighted by molar-refractivity contribution is 0.104. The summed E-state index contributed by atoms with van der Waals surface area (Å²) in [4.78, 5) is 13.5. The van der Waals surface area contributed by atoms with E-state index in [2.05, 4.69) is 35.8 Å². The van der Waals surface area contributed by atoms with Crippen LogP contribution in [-0.4, -0.2) is 10.4 Å². The molecule has 0 fully saturated rings. The van der Waals surface area contributed by atoms with Crippen LogP contribution in [0.25, 0.3) is 21.7 Å². The first kappa shape index (κ1) is 15.6. The minimum Gasteiger partial charge on any atom is -0.347 e. The fourth-order valence-electron chi connectivity index (χ4n) is 3.67. The first-order valence-corrected chi connectivity index (χ1v) is 8.81. The van der Waals surface area contributed by atoms with Crippen molar-refractivity contribution in [2.24, 2.45) is 0 Å². The zero-order chi connectivity index (χ0) is 17.4. The Kier molecular flexibility index (Phi) is 3.89. The summed E-state index contributed by atoms with van der Waals surface area (Å²) in [6.45, 7) is 5.10. The maximum absolute atomic E-state index is 13.5. The fraction of sp³-hybridized carbons (Fsp3) is 0.174. The largest absolute Gasteiger partial charge is 0.347 e. The molecular formula is C23H21NO. The van der Waals surface area contributed by atoms with Crippen LogP contribution in [0.3, 0.4) is 0 Å². The van der Waals surface area contributed by atoms with Gasteiger partial charge in [-0.1, -0.05) is 61.5 Å². The molecule has 1 heterocycles. The maximum atomic E-state index is 13.5. The molecular weight excluding hydrogens is 306 g/mol. The van der Waals surface area contributed by atoms with Gasteiger partial charge in [0.1, 0.15) is 0 Å². The number of hydrogen-bond acceptors (Lipinski definition) is 1. The van der Waals surface area contributed by atoms with E-state index >= 15 is 0 Å². The van der Waals surface area contributed by atoms with E-state index in [0.717, 1.165) is 51.3 Å². The minimum atomic E-state index is 0.111. The van der Waals surface area contributed by atoms with Crippen molar-refractivity contribution >= 4 is 27.5 Å². The third-order valence-corrected chi connectivity index (χ3v) is 4.86. The van der Waals surface area contributed by atoms with E-state index in [-0.39, 0.29) is 5.78 Å². The van der Waals surface area contributed by atoms with Gasteiger partial charge in [0.15, 0.2) is 5.78 Å². The van der Waals surface area contributed by atoms with E-state index in [9.17, 15) is 4.79 Å². The number of rotatable bonds is 4. The number of nitrogens with zero attached hydrogens (tertiary/aromatic N) is 1. The van der Waals surface area contributed by atoms with Gasteiger partial charge in [0.25, 0.3) is 0 Å². The maximum Gasteiger partial charge on any atom is 0.196 e. The summed E-state index contributed by atoms with van der Waals surface area (Å²) in [5.74, 6) is 0.111. The molecule has 0 saturated carbocycles. The molecule has 0 unspecified atom stereocenters. The lowest BCUT2D eigenvalue weighted by Gasteiger charge is -2.09. The molecule has 0 aliphatic heterocycles. The highest BCUT2D eigenvalue weighted by Gasteiger charge is 2.20. The summed E-state index contributed by atoms with van der Waals surface area (Å²) in [6.07, 6.45) is 3.07. The van der Waals surface area contributed by atoms with Gasteiger partial charge in [0.05, 0.1) is 0 Å². The molecule has 0 spiro atoms. The van der Waals surface area contributed by atoms with Crippen molar-refractivity contribution < 1.29 is 4.79 Å². The Balaban J connectivity index is 1.96. The van der Waals surface area contributed by atoms with Gasteiger partial charge in [-0.3, -0.25) is 4.79 Å². The van der Waals surface area contributed by atoms with Gasteiger partial charge in [0.2, 0.25) is 0 Å². The second-order valence-electron chi connectivity index (χ2n) is 6.56. The van der Waals surface area contributed by atoms with E-state index in [1.54, 1.807) is 0 Å². The van der Waals surface area contributed by atoms with Gasteiger partial charge in [-0.25, -0.2) is 0 Å². The first-order valence-electron chi connectivity index (χ1n) is 8.81. The Hall–Kier alpha value is -2.87. The van der Waals surface area contributed by atoms with Crippen LogP contribution in [0, 0.1) is 6.92 Å². The Morgan fingerprint density at radius 2 is 1.64 bits per heavy atom. The van der Waals surface area contributed by atoms with Gasteiger partial charge in [-0.15, -0.1) is 0 Å². The SMILES string of the molecule is CCCn1cc(C(=O)c2c(C)ccc3ccccc23)c2ccccc21. The van der Waals surface area contributed by atoms with E-state index in [1.807, 2.05) is 49.5 Å². The molecule has 4 rings (SSSR count). The average Bonchev–Trinajstić information content (AvgIpc) is 3.00. The molecule has 3 aromatic carbocycles. The van der Waals surface area contributed by atoms with Crippen molar-refractivity contribution in [2.75, 3.05) is 0 Å². The van der Waals surface area contributed by atoms with Crippen LogP contribution in [0.4, 0.5) is 0 Å². The lowest BCUT2D eigenvalue weighted by Crippen LogP contribution is -2.04. The molecule has 0 N–H and O–H groups in total. The molecule has 1 aromatic heterocycles. The van der Waals surface area contributed by atoms with Crippen molar-refractivity contribution in [1.82, 2.24) is 4.57 Å². The molecule has 0 aliphatic rings. The van der Waals surface area contributed by atoms with Crippen molar-refractivity contribution in [3.8, 4) is 0 Å².